The van der Waals surface area contributed by atoms with Gasteiger partial charge in [0, 0.05) is 12.7 Å². The summed E-state index contributed by atoms with van der Waals surface area (Å²) in [5.41, 5.74) is 0.598. The Bertz CT molecular complexity index is 351. The van der Waals surface area contributed by atoms with Gasteiger partial charge in [-0.15, -0.1) is 0 Å². The van der Waals surface area contributed by atoms with Crippen LogP contribution < -0.4 is 5.32 Å². The number of halogens is 1. The van der Waals surface area contributed by atoms with Crippen molar-refractivity contribution in [1.82, 2.24) is 15.2 Å². The van der Waals surface area contributed by atoms with E-state index in [1.54, 1.807) is 18.3 Å². The van der Waals surface area contributed by atoms with Gasteiger partial charge in [0.25, 0.3) is 5.91 Å². The molecule has 0 saturated heterocycles. The zero-order valence-electron chi connectivity index (χ0n) is 10.2. The van der Waals surface area contributed by atoms with Gasteiger partial charge in [0.05, 0.1) is 5.56 Å². The molecule has 1 N–H and O–H groups in total. The molecule has 0 aliphatic rings. The number of unbranched alkanes of at least 4 members (excludes halogenated alkanes) is 1. The fraction of sp³-hybridized carbons (Fsp3) is 0.500. The number of rotatable bonds is 6. The summed E-state index contributed by atoms with van der Waals surface area (Å²) in [5.74, 6) is -0.0603. The molecule has 4 nitrogen and oxygen atoms in total. The second-order valence-electron chi connectivity index (χ2n) is 4.14. The zero-order chi connectivity index (χ0) is 12.7. The van der Waals surface area contributed by atoms with Crippen LogP contribution in [0.15, 0.2) is 22.9 Å². The highest BCUT2D eigenvalue weighted by molar-refractivity contribution is 9.10. The van der Waals surface area contributed by atoms with E-state index in [9.17, 15) is 4.79 Å². The van der Waals surface area contributed by atoms with Crippen molar-refractivity contribution in [2.75, 3.05) is 27.2 Å². The van der Waals surface area contributed by atoms with Crippen molar-refractivity contribution in [3.8, 4) is 0 Å². The van der Waals surface area contributed by atoms with Gasteiger partial charge >= 0.3 is 0 Å². The Balaban J connectivity index is 2.23. The fourth-order valence-corrected chi connectivity index (χ4v) is 1.60. The van der Waals surface area contributed by atoms with Crippen molar-refractivity contribution in [2.45, 2.75) is 12.8 Å². The van der Waals surface area contributed by atoms with Crippen LogP contribution in [-0.4, -0.2) is 43.0 Å². The van der Waals surface area contributed by atoms with Gasteiger partial charge in [0.2, 0.25) is 0 Å². The summed E-state index contributed by atoms with van der Waals surface area (Å²) in [4.78, 5) is 17.8. The van der Waals surface area contributed by atoms with Gasteiger partial charge in [0.15, 0.2) is 0 Å². The Labute approximate surface area is 111 Å². The third-order valence-electron chi connectivity index (χ3n) is 2.31. The van der Waals surface area contributed by atoms with Gasteiger partial charge < -0.3 is 10.2 Å². The van der Waals surface area contributed by atoms with Crippen LogP contribution in [0.5, 0.6) is 0 Å². The predicted octanol–water partition coefficient (Wildman–Crippen LogP) is 1.92. The monoisotopic (exact) mass is 296 g/mol. The minimum absolute atomic E-state index is 0.0603. The summed E-state index contributed by atoms with van der Waals surface area (Å²) >= 11 is 3.23. The van der Waals surface area contributed by atoms with E-state index in [2.05, 4.69) is 31.1 Å². The van der Waals surface area contributed by atoms with Crippen LogP contribution >= 0.6 is 15.9 Å². The second-order valence-corrected chi connectivity index (χ2v) is 4.95. The topological polar surface area (TPSA) is 45.2 Å². The lowest BCUT2D eigenvalue weighted by Gasteiger charge is -2.09. The Morgan fingerprint density at radius 2 is 2.18 bits per heavy atom. The van der Waals surface area contributed by atoms with Gasteiger partial charge in [-0.2, -0.15) is 0 Å². The van der Waals surface area contributed by atoms with Crippen LogP contribution in [-0.2, 0) is 0 Å². The molecule has 1 heterocycles. The minimum Gasteiger partial charge on any atom is -0.352 e. The van der Waals surface area contributed by atoms with E-state index in [4.69, 9.17) is 0 Å². The van der Waals surface area contributed by atoms with Gasteiger partial charge in [-0.1, -0.05) is 0 Å². The van der Waals surface area contributed by atoms with E-state index in [0.29, 0.717) is 12.1 Å². The maximum atomic E-state index is 11.7. The summed E-state index contributed by atoms with van der Waals surface area (Å²) < 4.78 is 0.736. The van der Waals surface area contributed by atoms with Crippen LogP contribution in [0.3, 0.4) is 0 Å². The summed E-state index contributed by atoms with van der Waals surface area (Å²) in [5, 5.41) is 2.88. The molecule has 0 aromatic carbocycles. The van der Waals surface area contributed by atoms with E-state index in [0.717, 1.165) is 24.0 Å². The third-order valence-corrected chi connectivity index (χ3v) is 2.78. The van der Waals surface area contributed by atoms with E-state index >= 15 is 0 Å². The first kappa shape index (κ1) is 14.1. The third kappa shape index (κ3) is 5.79. The van der Waals surface area contributed by atoms with E-state index in [1.165, 1.54) is 0 Å². The quantitative estimate of drug-likeness (QED) is 0.644. The van der Waals surface area contributed by atoms with Crippen molar-refractivity contribution in [3.05, 3.63) is 28.5 Å². The first-order valence-corrected chi connectivity index (χ1v) is 6.43. The molecule has 0 bridgehead atoms. The van der Waals surface area contributed by atoms with Crippen LogP contribution in [0.2, 0.25) is 0 Å². The first-order valence-electron chi connectivity index (χ1n) is 5.64. The van der Waals surface area contributed by atoms with Gasteiger partial charge in [-0.25, -0.2) is 4.98 Å². The standard InChI is InChI=1S/C12H18BrN3O/c1-16(2)8-4-3-7-14-12(17)10-5-6-11(13)15-9-10/h5-6,9H,3-4,7-8H2,1-2H3,(H,14,17)/i13-4. The molecule has 17 heavy (non-hydrogen) atoms. The predicted molar refractivity (Wildman–Crippen MR) is 72.1 cm³/mol. The number of nitrogens with one attached hydrogen (secondary N) is 1. The minimum atomic E-state index is -0.0603. The van der Waals surface area contributed by atoms with Crippen molar-refractivity contribution in [2.24, 2.45) is 0 Å². The lowest BCUT2D eigenvalue weighted by atomic mass is 10.2. The Kier molecular flexibility index (Phi) is 6.15. The molecule has 0 aliphatic carbocycles. The summed E-state index contributed by atoms with van der Waals surface area (Å²) in [6.07, 6.45) is 3.65. The summed E-state index contributed by atoms with van der Waals surface area (Å²) in [6, 6.07) is 3.52. The maximum Gasteiger partial charge on any atom is 0.252 e. The SMILES string of the molecule is CN(C)CCCCNC(=O)c1ccc([76Br])nc1. The van der Waals surface area contributed by atoms with Crippen LogP contribution in [0.1, 0.15) is 23.2 Å². The Hall–Kier alpha value is -0.940. The Morgan fingerprint density at radius 3 is 2.76 bits per heavy atom. The van der Waals surface area contributed by atoms with Crippen LogP contribution in [0.4, 0.5) is 0 Å². The lowest BCUT2D eigenvalue weighted by molar-refractivity contribution is 0.0952. The number of hydrogen-bond donors (Lipinski definition) is 1. The molecular formula is C12H18BrN3O. The Morgan fingerprint density at radius 1 is 1.41 bits per heavy atom. The summed E-state index contributed by atoms with van der Waals surface area (Å²) in [7, 11) is 4.10. The smallest absolute Gasteiger partial charge is 0.252 e. The molecule has 0 saturated carbocycles. The molecule has 1 rings (SSSR count). The molecule has 1 aromatic rings. The average molecular weight is 296 g/mol. The highest BCUT2D eigenvalue weighted by Crippen LogP contribution is 2.06. The number of pyridine rings is 1. The number of carbonyl (C=O) groups excluding carboxylic acids is 1. The highest BCUT2D eigenvalue weighted by Gasteiger charge is 2.04. The lowest BCUT2D eigenvalue weighted by Crippen LogP contribution is -2.25. The van der Waals surface area contributed by atoms with Crippen molar-refractivity contribution in [1.29, 1.82) is 0 Å². The van der Waals surface area contributed by atoms with Gasteiger partial charge in [0.1, 0.15) is 4.60 Å². The molecule has 0 spiro atoms. The first-order chi connectivity index (χ1) is 8.09. The number of hydrogen-bond acceptors (Lipinski definition) is 3. The molecule has 0 fully saturated rings. The molecule has 0 atom stereocenters. The number of carbonyl (C=O) groups is 1. The molecule has 1 aromatic heterocycles. The number of nitrogens with zero attached hydrogens (tertiary/aromatic N) is 2. The van der Waals surface area contributed by atoms with Gasteiger partial charge in [-0.3, -0.25) is 4.79 Å². The highest BCUT2D eigenvalue weighted by atomic mass is 75.9. The number of aromatic nitrogens is 1. The maximum absolute atomic E-state index is 11.7. The average Bonchev–Trinajstić information content (AvgIpc) is 2.29. The molecule has 0 radical (unpaired) electrons. The largest absolute Gasteiger partial charge is 0.352 e. The number of amides is 1. The normalized spacial score (nSPS) is 10.6. The van der Waals surface area contributed by atoms with E-state index < -0.39 is 0 Å². The van der Waals surface area contributed by atoms with Crippen LogP contribution in [0, 0.1) is 0 Å². The van der Waals surface area contributed by atoms with Gasteiger partial charge in [-0.05, 0) is 61.5 Å². The molecular weight excluding hydrogens is 278 g/mol. The van der Waals surface area contributed by atoms with E-state index in [1.807, 2.05) is 14.1 Å². The van der Waals surface area contributed by atoms with Crippen molar-refractivity contribution in [3.63, 3.8) is 0 Å². The zero-order valence-corrected chi connectivity index (χ0v) is 11.8. The molecule has 1 amide bonds. The van der Waals surface area contributed by atoms with E-state index in [-0.39, 0.29) is 5.91 Å². The van der Waals surface area contributed by atoms with Crippen molar-refractivity contribution >= 4 is 21.8 Å². The summed E-state index contributed by atoms with van der Waals surface area (Å²) in [6.45, 7) is 1.76. The molecule has 0 unspecified atom stereocenters. The molecule has 0 aliphatic heterocycles. The van der Waals surface area contributed by atoms with Crippen LogP contribution in [0.25, 0.3) is 0 Å². The fourth-order valence-electron chi connectivity index (χ4n) is 1.37. The second kappa shape index (κ2) is 7.40. The van der Waals surface area contributed by atoms with Crippen molar-refractivity contribution < 1.29 is 4.79 Å². The molecule has 94 valence electrons. The molecule has 5 heteroatoms.